The van der Waals surface area contributed by atoms with E-state index in [-0.39, 0.29) is 0 Å². The van der Waals surface area contributed by atoms with Crippen LogP contribution in [0.15, 0.2) is 10.6 Å². The minimum atomic E-state index is 0.436. The fourth-order valence-corrected chi connectivity index (χ4v) is 1.18. The number of methoxy groups -OCH3 is 1. The Balaban J connectivity index is 2.13. The summed E-state index contributed by atoms with van der Waals surface area (Å²) in [6.07, 6.45) is 0.642. The van der Waals surface area contributed by atoms with Crippen molar-refractivity contribution in [1.29, 1.82) is 0 Å². The molecule has 0 saturated carbocycles. The molecule has 0 aromatic carbocycles. The first-order valence-corrected chi connectivity index (χ1v) is 4.63. The quantitative estimate of drug-likeness (QED) is 0.809. The number of hydrogen-bond acceptors (Lipinski definition) is 5. The first-order chi connectivity index (χ1) is 7.29. The molecule has 2 aromatic heterocycles. The van der Waals surface area contributed by atoms with Gasteiger partial charge in [-0.3, -0.25) is 5.10 Å². The Hall–Kier alpha value is -1.69. The molecule has 0 saturated heterocycles. The van der Waals surface area contributed by atoms with Gasteiger partial charge in [0.15, 0.2) is 11.5 Å². The standard InChI is InChI=1S/C9H12N4O2/c1-6-5-7(12-11-6)9-10-8(13-15-9)3-4-14-2/h5H,3-4H2,1-2H3,(H,11,12). The summed E-state index contributed by atoms with van der Waals surface area (Å²) < 4.78 is 9.98. The average Bonchev–Trinajstić information content (AvgIpc) is 2.83. The molecule has 2 aromatic rings. The van der Waals surface area contributed by atoms with Crippen LogP contribution in [-0.4, -0.2) is 34.1 Å². The number of nitrogens with zero attached hydrogens (tertiary/aromatic N) is 3. The van der Waals surface area contributed by atoms with Gasteiger partial charge in [-0.2, -0.15) is 10.1 Å². The first-order valence-electron chi connectivity index (χ1n) is 4.63. The Morgan fingerprint density at radius 2 is 2.40 bits per heavy atom. The maximum Gasteiger partial charge on any atom is 0.278 e. The molecule has 0 unspecified atom stereocenters. The lowest BCUT2D eigenvalue weighted by Crippen LogP contribution is -1.96. The van der Waals surface area contributed by atoms with Gasteiger partial charge in [0, 0.05) is 19.2 Å². The lowest BCUT2D eigenvalue weighted by molar-refractivity contribution is 0.199. The highest BCUT2D eigenvalue weighted by atomic mass is 16.5. The summed E-state index contributed by atoms with van der Waals surface area (Å²) in [4.78, 5) is 4.19. The molecular formula is C9H12N4O2. The highest BCUT2D eigenvalue weighted by Crippen LogP contribution is 2.14. The highest BCUT2D eigenvalue weighted by molar-refractivity contribution is 5.46. The largest absolute Gasteiger partial charge is 0.384 e. The van der Waals surface area contributed by atoms with E-state index in [0.29, 0.717) is 30.4 Å². The minimum absolute atomic E-state index is 0.436. The molecule has 2 rings (SSSR count). The highest BCUT2D eigenvalue weighted by Gasteiger charge is 2.10. The van der Waals surface area contributed by atoms with Crippen LogP contribution >= 0.6 is 0 Å². The molecule has 0 aliphatic rings. The average molecular weight is 208 g/mol. The van der Waals surface area contributed by atoms with Crippen molar-refractivity contribution in [2.24, 2.45) is 0 Å². The Morgan fingerprint density at radius 3 is 3.07 bits per heavy atom. The molecule has 80 valence electrons. The molecule has 6 nitrogen and oxygen atoms in total. The van der Waals surface area contributed by atoms with E-state index in [2.05, 4.69) is 20.3 Å². The summed E-state index contributed by atoms with van der Waals surface area (Å²) in [6.45, 7) is 2.50. The van der Waals surface area contributed by atoms with E-state index in [1.807, 2.05) is 13.0 Å². The van der Waals surface area contributed by atoms with E-state index >= 15 is 0 Å². The number of aromatic amines is 1. The van der Waals surface area contributed by atoms with Crippen molar-refractivity contribution in [2.75, 3.05) is 13.7 Å². The lowest BCUT2D eigenvalue weighted by Gasteiger charge is -1.89. The van der Waals surface area contributed by atoms with Crippen LogP contribution in [0.4, 0.5) is 0 Å². The number of hydrogen-bond donors (Lipinski definition) is 1. The number of aryl methyl sites for hydroxylation is 1. The van der Waals surface area contributed by atoms with Crippen LogP contribution in [0.25, 0.3) is 11.6 Å². The van der Waals surface area contributed by atoms with Crippen LogP contribution in [0.1, 0.15) is 11.5 Å². The predicted octanol–water partition coefficient (Wildman–Crippen LogP) is 0.957. The lowest BCUT2D eigenvalue weighted by atomic mass is 10.4. The zero-order chi connectivity index (χ0) is 10.7. The molecule has 15 heavy (non-hydrogen) atoms. The Kier molecular flexibility index (Phi) is 2.77. The molecular weight excluding hydrogens is 196 g/mol. The third kappa shape index (κ3) is 2.21. The van der Waals surface area contributed by atoms with E-state index in [0.717, 1.165) is 5.69 Å². The van der Waals surface area contributed by atoms with Gasteiger partial charge in [0.1, 0.15) is 0 Å². The van der Waals surface area contributed by atoms with Crippen molar-refractivity contribution in [1.82, 2.24) is 20.3 Å². The van der Waals surface area contributed by atoms with Crippen LogP contribution in [0.3, 0.4) is 0 Å². The molecule has 0 fully saturated rings. The van der Waals surface area contributed by atoms with Gasteiger partial charge in [0.2, 0.25) is 0 Å². The van der Waals surface area contributed by atoms with Gasteiger partial charge in [-0.15, -0.1) is 0 Å². The van der Waals surface area contributed by atoms with Crippen molar-refractivity contribution in [3.63, 3.8) is 0 Å². The zero-order valence-corrected chi connectivity index (χ0v) is 8.65. The maximum absolute atomic E-state index is 5.06. The predicted molar refractivity (Wildman–Crippen MR) is 52.2 cm³/mol. The van der Waals surface area contributed by atoms with Crippen LogP contribution in [0.5, 0.6) is 0 Å². The molecule has 6 heteroatoms. The zero-order valence-electron chi connectivity index (χ0n) is 8.65. The molecule has 0 bridgehead atoms. The molecule has 0 amide bonds. The molecule has 0 atom stereocenters. The molecule has 0 radical (unpaired) electrons. The van der Waals surface area contributed by atoms with E-state index in [9.17, 15) is 0 Å². The summed E-state index contributed by atoms with van der Waals surface area (Å²) in [6, 6.07) is 1.85. The SMILES string of the molecule is COCCc1noc(-c2cc(C)[nH]n2)n1. The monoisotopic (exact) mass is 208 g/mol. The second kappa shape index (κ2) is 4.22. The van der Waals surface area contributed by atoms with Crippen LogP contribution < -0.4 is 0 Å². The third-order valence-corrected chi connectivity index (χ3v) is 1.92. The van der Waals surface area contributed by atoms with Gasteiger partial charge in [-0.1, -0.05) is 5.16 Å². The van der Waals surface area contributed by atoms with Crippen molar-refractivity contribution in [3.8, 4) is 11.6 Å². The van der Waals surface area contributed by atoms with Crippen LogP contribution in [-0.2, 0) is 11.2 Å². The fourth-order valence-electron chi connectivity index (χ4n) is 1.18. The summed E-state index contributed by atoms with van der Waals surface area (Å²) in [7, 11) is 1.64. The summed E-state index contributed by atoms with van der Waals surface area (Å²) in [5, 5.41) is 10.7. The van der Waals surface area contributed by atoms with Gasteiger partial charge in [0.05, 0.1) is 6.61 Å². The normalized spacial score (nSPS) is 10.8. The molecule has 0 aliphatic carbocycles. The van der Waals surface area contributed by atoms with E-state index in [1.165, 1.54) is 0 Å². The second-order valence-electron chi connectivity index (χ2n) is 3.19. The summed E-state index contributed by atoms with van der Waals surface area (Å²) in [5.74, 6) is 1.07. The number of aromatic nitrogens is 4. The summed E-state index contributed by atoms with van der Waals surface area (Å²) in [5.41, 5.74) is 1.63. The number of ether oxygens (including phenoxy) is 1. The molecule has 0 aliphatic heterocycles. The van der Waals surface area contributed by atoms with Crippen LogP contribution in [0, 0.1) is 6.92 Å². The van der Waals surface area contributed by atoms with Gasteiger partial charge in [-0.25, -0.2) is 0 Å². The van der Waals surface area contributed by atoms with E-state index in [4.69, 9.17) is 9.26 Å². The topological polar surface area (TPSA) is 76.8 Å². The second-order valence-corrected chi connectivity index (χ2v) is 3.19. The molecule has 1 N–H and O–H groups in total. The van der Waals surface area contributed by atoms with Crippen molar-refractivity contribution >= 4 is 0 Å². The number of rotatable bonds is 4. The van der Waals surface area contributed by atoms with E-state index in [1.54, 1.807) is 7.11 Å². The Bertz CT molecular complexity index is 435. The van der Waals surface area contributed by atoms with Gasteiger partial charge in [0.25, 0.3) is 5.89 Å². The molecule has 2 heterocycles. The van der Waals surface area contributed by atoms with Gasteiger partial charge < -0.3 is 9.26 Å². The maximum atomic E-state index is 5.06. The Morgan fingerprint density at radius 1 is 1.53 bits per heavy atom. The van der Waals surface area contributed by atoms with Crippen molar-refractivity contribution < 1.29 is 9.26 Å². The number of nitrogens with one attached hydrogen (secondary N) is 1. The fraction of sp³-hybridized carbons (Fsp3) is 0.444. The molecule has 0 spiro atoms. The van der Waals surface area contributed by atoms with Crippen LogP contribution in [0.2, 0.25) is 0 Å². The smallest absolute Gasteiger partial charge is 0.278 e. The van der Waals surface area contributed by atoms with Crippen molar-refractivity contribution in [3.05, 3.63) is 17.6 Å². The minimum Gasteiger partial charge on any atom is -0.384 e. The third-order valence-electron chi connectivity index (χ3n) is 1.92. The summed E-state index contributed by atoms with van der Waals surface area (Å²) >= 11 is 0. The Labute approximate surface area is 86.6 Å². The number of H-pyrrole nitrogens is 1. The first kappa shape index (κ1) is 9.85. The van der Waals surface area contributed by atoms with E-state index < -0.39 is 0 Å². The van der Waals surface area contributed by atoms with Crippen molar-refractivity contribution in [2.45, 2.75) is 13.3 Å². The van der Waals surface area contributed by atoms with Gasteiger partial charge in [-0.05, 0) is 13.0 Å². The van der Waals surface area contributed by atoms with Gasteiger partial charge >= 0.3 is 0 Å².